The van der Waals surface area contributed by atoms with Crippen LogP contribution in [0.3, 0.4) is 0 Å². The highest BCUT2D eigenvalue weighted by atomic mass is 16.2. The van der Waals surface area contributed by atoms with E-state index >= 15 is 0 Å². The first-order valence-electron chi connectivity index (χ1n) is 6.13. The van der Waals surface area contributed by atoms with Gasteiger partial charge in [0, 0.05) is 29.2 Å². The van der Waals surface area contributed by atoms with E-state index in [2.05, 4.69) is 20.6 Å². The number of hydrogen-bond donors (Lipinski definition) is 3. The second-order valence-electron chi connectivity index (χ2n) is 5.35. The summed E-state index contributed by atoms with van der Waals surface area (Å²) in [6.07, 6.45) is 3.46. The van der Waals surface area contributed by atoms with Crippen LogP contribution in [-0.4, -0.2) is 21.5 Å². The van der Waals surface area contributed by atoms with E-state index in [1.54, 1.807) is 12.4 Å². The summed E-state index contributed by atoms with van der Waals surface area (Å²) >= 11 is 0. The van der Waals surface area contributed by atoms with Gasteiger partial charge in [-0.15, -0.1) is 0 Å². The van der Waals surface area contributed by atoms with Crippen LogP contribution >= 0.6 is 0 Å². The summed E-state index contributed by atoms with van der Waals surface area (Å²) in [6, 6.07) is 7.32. The van der Waals surface area contributed by atoms with Gasteiger partial charge < -0.3 is 15.6 Å². The predicted octanol–water partition coefficient (Wildman–Crippen LogP) is 3.00. The van der Waals surface area contributed by atoms with Gasteiger partial charge in [0.2, 0.25) is 0 Å². The first-order valence-corrected chi connectivity index (χ1v) is 6.13. The number of anilines is 1. The highest BCUT2D eigenvalue weighted by Crippen LogP contribution is 2.19. The van der Waals surface area contributed by atoms with Gasteiger partial charge in [-0.3, -0.25) is 0 Å². The van der Waals surface area contributed by atoms with Gasteiger partial charge in [-0.25, -0.2) is 9.78 Å². The number of imidazole rings is 1. The van der Waals surface area contributed by atoms with E-state index in [0.29, 0.717) is 0 Å². The third-order valence-electron chi connectivity index (χ3n) is 2.38. The van der Waals surface area contributed by atoms with Crippen molar-refractivity contribution in [3.05, 3.63) is 36.7 Å². The van der Waals surface area contributed by atoms with Crippen molar-refractivity contribution < 1.29 is 4.79 Å². The van der Waals surface area contributed by atoms with E-state index in [-0.39, 0.29) is 11.6 Å². The summed E-state index contributed by atoms with van der Waals surface area (Å²) in [6.45, 7) is 5.81. The van der Waals surface area contributed by atoms with Gasteiger partial charge >= 0.3 is 6.03 Å². The number of H-pyrrole nitrogens is 1. The zero-order valence-corrected chi connectivity index (χ0v) is 11.3. The monoisotopic (exact) mass is 258 g/mol. The highest BCUT2D eigenvalue weighted by Gasteiger charge is 2.13. The minimum atomic E-state index is -0.261. The summed E-state index contributed by atoms with van der Waals surface area (Å²) < 4.78 is 0. The molecule has 100 valence electrons. The van der Waals surface area contributed by atoms with Crippen LogP contribution in [0.5, 0.6) is 0 Å². The Bertz CT molecular complexity index is 555. The molecule has 0 saturated heterocycles. The van der Waals surface area contributed by atoms with Crippen LogP contribution < -0.4 is 10.6 Å². The van der Waals surface area contributed by atoms with Crippen molar-refractivity contribution in [3.8, 4) is 11.4 Å². The van der Waals surface area contributed by atoms with Gasteiger partial charge in [-0.2, -0.15) is 0 Å². The van der Waals surface area contributed by atoms with E-state index in [1.807, 2.05) is 45.0 Å². The Kier molecular flexibility index (Phi) is 3.55. The molecule has 0 spiro atoms. The fraction of sp³-hybridized carbons (Fsp3) is 0.286. The molecular weight excluding hydrogens is 240 g/mol. The van der Waals surface area contributed by atoms with E-state index in [0.717, 1.165) is 17.1 Å². The molecule has 1 heterocycles. The lowest BCUT2D eigenvalue weighted by Crippen LogP contribution is -2.43. The van der Waals surface area contributed by atoms with Crippen LogP contribution in [0.2, 0.25) is 0 Å². The van der Waals surface area contributed by atoms with Crippen LogP contribution in [0.25, 0.3) is 11.4 Å². The maximum atomic E-state index is 11.8. The van der Waals surface area contributed by atoms with Crippen molar-refractivity contribution in [2.45, 2.75) is 26.3 Å². The lowest BCUT2D eigenvalue weighted by molar-refractivity contribution is 0.244. The standard InChI is InChI=1S/C14H18N4O/c1-14(2,3)18-13(19)17-11-6-4-5-10(9-11)12-15-7-8-16-12/h4-9H,1-3H3,(H,15,16)(H2,17,18,19). The molecule has 0 radical (unpaired) electrons. The molecule has 0 saturated carbocycles. The Morgan fingerprint density at radius 3 is 2.74 bits per heavy atom. The van der Waals surface area contributed by atoms with Gasteiger partial charge in [0.1, 0.15) is 5.82 Å². The van der Waals surface area contributed by atoms with E-state index in [4.69, 9.17) is 0 Å². The number of amides is 2. The van der Waals surface area contributed by atoms with Gasteiger partial charge in [-0.1, -0.05) is 12.1 Å². The highest BCUT2D eigenvalue weighted by molar-refractivity contribution is 5.90. The molecule has 1 aromatic carbocycles. The number of carbonyl (C=O) groups is 1. The lowest BCUT2D eigenvalue weighted by atomic mass is 10.1. The topological polar surface area (TPSA) is 69.8 Å². The normalized spacial score (nSPS) is 11.1. The molecule has 5 nitrogen and oxygen atoms in total. The minimum absolute atomic E-state index is 0.218. The Morgan fingerprint density at radius 2 is 2.11 bits per heavy atom. The van der Waals surface area contributed by atoms with Gasteiger partial charge in [-0.05, 0) is 32.9 Å². The molecule has 2 rings (SSSR count). The number of aromatic nitrogens is 2. The van der Waals surface area contributed by atoms with Crippen molar-refractivity contribution in [1.82, 2.24) is 15.3 Å². The first kappa shape index (κ1) is 13.1. The van der Waals surface area contributed by atoms with Crippen LogP contribution in [0.4, 0.5) is 10.5 Å². The zero-order chi connectivity index (χ0) is 13.9. The Balaban J connectivity index is 2.10. The van der Waals surface area contributed by atoms with Gasteiger partial charge in [0.05, 0.1) is 0 Å². The summed E-state index contributed by atoms with van der Waals surface area (Å²) in [5.74, 6) is 0.778. The van der Waals surface area contributed by atoms with Crippen molar-refractivity contribution >= 4 is 11.7 Å². The number of nitrogens with zero attached hydrogens (tertiary/aromatic N) is 1. The molecule has 1 aromatic heterocycles. The van der Waals surface area contributed by atoms with Gasteiger partial charge in [0.25, 0.3) is 0 Å². The number of aromatic amines is 1. The quantitative estimate of drug-likeness (QED) is 0.775. The number of hydrogen-bond acceptors (Lipinski definition) is 2. The van der Waals surface area contributed by atoms with E-state index in [9.17, 15) is 4.79 Å². The number of rotatable bonds is 2. The predicted molar refractivity (Wildman–Crippen MR) is 75.9 cm³/mol. The number of urea groups is 1. The molecular formula is C14H18N4O. The van der Waals surface area contributed by atoms with Crippen LogP contribution in [0, 0.1) is 0 Å². The largest absolute Gasteiger partial charge is 0.345 e. The molecule has 2 aromatic rings. The molecule has 0 atom stereocenters. The van der Waals surface area contributed by atoms with Crippen molar-refractivity contribution in [3.63, 3.8) is 0 Å². The van der Waals surface area contributed by atoms with Crippen molar-refractivity contribution in [1.29, 1.82) is 0 Å². The average Bonchev–Trinajstić information content (AvgIpc) is 2.79. The Hall–Kier alpha value is -2.30. The van der Waals surface area contributed by atoms with E-state index < -0.39 is 0 Å². The molecule has 0 bridgehead atoms. The third kappa shape index (κ3) is 3.84. The number of carbonyl (C=O) groups excluding carboxylic acids is 1. The van der Waals surface area contributed by atoms with E-state index in [1.165, 1.54) is 0 Å². The summed E-state index contributed by atoms with van der Waals surface area (Å²) in [4.78, 5) is 19.0. The average molecular weight is 258 g/mol. The number of nitrogens with one attached hydrogen (secondary N) is 3. The summed E-state index contributed by atoms with van der Waals surface area (Å²) in [5, 5.41) is 5.66. The maximum Gasteiger partial charge on any atom is 0.319 e. The summed E-state index contributed by atoms with van der Waals surface area (Å²) in [5.41, 5.74) is 1.40. The molecule has 3 N–H and O–H groups in total. The first-order chi connectivity index (χ1) is 8.94. The SMILES string of the molecule is CC(C)(C)NC(=O)Nc1cccc(-c2ncc[nH]2)c1. The third-order valence-corrected chi connectivity index (χ3v) is 2.38. The molecule has 0 aliphatic heterocycles. The summed E-state index contributed by atoms with van der Waals surface area (Å²) in [7, 11) is 0. The fourth-order valence-electron chi connectivity index (χ4n) is 1.67. The van der Waals surface area contributed by atoms with Crippen molar-refractivity contribution in [2.75, 3.05) is 5.32 Å². The lowest BCUT2D eigenvalue weighted by Gasteiger charge is -2.20. The van der Waals surface area contributed by atoms with Crippen LogP contribution in [-0.2, 0) is 0 Å². The second-order valence-corrected chi connectivity index (χ2v) is 5.35. The molecule has 0 fully saturated rings. The fourth-order valence-corrected chi connectivity index (χ4v) is 1.67. The molecule has 0 aliphatic rings. The zero-order valence-electron chi connectivity index (χ0n) is 11.3. The Morgan fingerprint density at radius 1 is 1.32 bits per heavy atom. The molecule has 0 aliphatic carbocycles. The van der Waals surface area contributed by atoms with Crippen molar-refractivity contribution in [2.24, 2.45) is 0 Å². The van der Waals surface area contributed by atoms with Crippen LogP contribution in [0.15, 0.2) is 36.7 Å². The molecule has 2 amide bonds. The Labute approximate surface area is 112 Å². The smallest absolute Gasteiger partial charge is 0.319 e. The number of benzene rings is 1. The van der Waals surface area contributed by atoms with Gasteiger partial charge in [0.15, 0.2) is 0 Å². The maximum absolute atomic E-state index is 11.8. The molecule has 5 heteroatoms. The van der Waals surface area contributed by atoms with Crippen LogP contribution in [0.1, 0.15) is 20.8 Å². The second kappa shape index (κ2) is 5.14. The molecule has 19 heavy (non-hydrogen) atoms. The minimum Gasteiger partial charge on any atom is -0.345 e. The molecule has 0 unspecified atom stereocenters.